The smallest absolute Gasteiger partial charge is 0.198 e. The summed E-state index contributed by atoms with van der Waals surface area (Å²) in [6, 6.07) is 6.78. The topological polar surface area (TPSA) is 64.9 Å². The third-order valence-electron chi connectivity index (χ3n) is 3.32. The summed E-state index contributed by atoms with van der Waals surface area (Å²) in [6.45, 7) is 0. The molecule has 0 fully saturated rings. The van der Waals surface area contributed by atoms with Crippen molar-refractivity contribution in [3.8, 4) is 11.3 Å². The van der Waals surface area contributed by atoms with Crippen LogP contribution in [0.1, 0.15) is 0 Å². The summed E-state index contributed by atoms with van der Waals surface area (Å²) in [6.07, 6.45) is 0. The van der Waals surface area contributed by atoms with E-state index in [2.05, 4.69) is 4.98 Å². The Morgan fingerprint density at radius 1 is 0.818 bits per heavy atom. The number of nitrogen functional groups attached to an aromatic ring is 2. The highest BCUT2D eigenvalue weighted by Gasteiger charge is 2.21. The van der Waals surface area contributed by atoms with Gasteiger partial charge in [-0.25, -0.2) is 22.5 Å². The number of hydrogen-bond acceptors (Lipinski definition) is 3. The zero-order chi connectivity index (χ0) is 16.0. The number of nitrogens with zero attached hydrogens (tertiary/aromatic N) is 1. The van der Waals surface area contributed by atoms with E-state index in [0.717, 1.165) is 0 Å². The van der Waals surface area contributed by atoms with Crippen molar-refractivity contribution in [2.75, 3.05) is 11.5 Å². The van der Waals surface area contributed by atoms with Crippen molar-refractivity contribution in [3.05, 3.63) is 53.6 Å². The Labute approximate surface area is 122 Å². The third kappa shape index (κ3) is 2.02. The summed E-state index contributed by atoms with van der Waals surface area (Å²) in [4.78, 5) is 3.91. The lowest BCUT2D eigenvalue weighted by molar-refractivity contribution is 0.410. The summed E-state index contributed by atoms with van der Waals surface area (Å²) in [5.74, 6) is -6.83. The summed E-state index contributed by atoms with van der Waals surface area (Å²) >= 11 is 0. The maximum atomic E-state index is 13.9. The Hall–Kier alpha value is -2.83. The maximum Gasteiger partial charge on any atom is 0.198 e. The van der Waals surface area contributed by atoms with Gasteiger partial charge in [-0.2, -0.15) is 0 Å². The maximum absolute atomic E-state index is 13.9. The molecule has 0 saturated carbocycles. The Kier molecular flexibility index (Phi) is 3.13. The number of anilines is 2. The van der Waals surface area contributed by atoms with Crippen molar-refractivity contribution in [2.24, 2.45) is 0 Å². The lowest BCUT2D eigenvalue weighted by Crippen LogP contribution is -2.02. The molecule has 0 aliphatic heterocycles. The molecular weight excluding hydrogens is 298 g/mol. The molecule has 3 nitrogen and oxygen atoms in total. The van der Waals surface area contributed by atoms with E-state index in [9.17, 15) is 17.6 Å². The van der Waals surface area contributed by atoms with Crippen LogP contribution in [0.4, 0.5) is 29.1 Å². The normalized spacial score (nSPS) is 11.1. The van der Waals surface area contributed by atoms with Crippen LogP contribution in [0, 0.1) is 23.3 Å². The van der Waals surface area contributed by atoms with E-state index in [1.54, 1.807) is 18.2 Å². The number of benzene rings is 2. The van der Waals surface area contributed by atoms with Crippen molar-refractivity contribution in [2.45, 2.75) is 0 Å². The molecule has 3 rings (SSSR count). The van der Waals surface area contributed by atoms with Crippen LogP contribution in [0.2, 0.25) is 0 Å². The van der Waals surface area contributed by atoms with Gasteiger partial charge in [-0.3, -0.25) is 0 Å². The fourth-order valence-corrected chi connectivity index (χ4v) is 2.22. The first-order chi connectivity index (χ1) is 10.4. The quantitative estimate of drug-likeness (QED) is 0.312. The average Bonchev–Trinajstić information content (AvgIpc) is 2.49. The summed E-state index contributed by atoms with van der Waals surface area (Å²) in [7, 11) is 0. The van der Waals surface area contributed by atoms with Gasteiger partial charge < -0.3 is 11.5 Å². The van der Waals surface area contributed by atoms with Crippen LogP contribution < -0.4 is 11.5 Å². The first kappa shape index (κ1) is 14.1. The zero-order valence-corrected chi connectivity index (χ0v) is 11.0. The number of pyridine rings is 1. The largest absolute Gasteiger partial charge is 0.398 e. The molecule has 0 amide bonds. The van der Waals surface area contributed by atoms with Crippen molar-refractivity contribution in [3.63, 3.8) is 0 Å². The number of fused-ring (bicyclic) bond motifs is 1. The molecule has 0 unspecified atom stereocenters. The fourth-order valence-electron chi connectivity index (χ4n) is 2.22. The van der Waals surface area contributed by atoms with E-state index >= 15 is 0 Å². The van der Waals surface area contributed by atoms with Crippen LogP contribution in [0.25, 0.3) is 22.0 Å². The standard InChI is InChI=1S/C15H9F4N3/c16-9-4-8(12(17)14(19)13(9)18)11-5-7-6(15(21)22-11)2-1-3-10(7)20/h1-5H,20H2,(H2,21,22). The summed E-state index contributed by atoms with van der Waals surface area (Å²) in [5, 5.41) is 0.974. The third-order valence-corrected chi connectivity index (χ3v) is 3.32. The van der Waals surface area contributed by atoms with Gasteiger partial charge in [0, 0.05) is 22.0 Å². The Morgan fingerprint density at radius 2 is 1.55 bits per heavy atom. The number of hydrogen-bond donors (Lipinski definition) is 2. The van der Waals surface area contributed by atoms with E-state index in [1.807, 2.05) is 0 Å². The van der Waals surface area contributed by atoms with Gasteiger partial charge in [0.1, 0.15) is 5.82 Å². The molecule has 0 saturated heterocycles. The molecule has 4 N–H and O–H groups in total. The van der Waals surface area contributed by atoms with Gasteiger partial charge in [-0.1, -0.05) is 12.1 Å². The van der Waals surface area contributed by atoms with Crippen molar-refractivity contribution >= 4 is 22.3 Å². The SMILES string of the molecule is Nc1cccc2c(N)nc(-c3cc(F)c(F)c(F)c3F)cc12. The molecule has 0 atom stereocenters. The number of nitrogens with two attached hydrogens (primary N) is 2. The number of rotatable bonds is 1. The second-order valence-corrected chi connectivity index (χ2v) is 4.68. The minimum Gasteiger partial charge on any atom is -0.398 e. The minimum atomic E-state index is -1.91. The number of aromatic nitrogens is 1. The van der Waals surface area contributed by atoms with E-state index in [1.165, 1.54) is 6.07 Å². The van der Waals surface area contributed by atoms with Crippen LogP contribution in [0.3, 0.4) is 0 Å². The average molecular weight is 307 g/mol. The van der Waals surface area contributed by atoms with E-state index < -0.39 is 28.8 Å². The molecule has 112 valence electrons. The van der Waals surface area contributed by atoms with Gasteiger partial charge in [-0.05, 0) is 18.2 Å². The molecule has 0 spiro atoms. The highest BCUT2D eigenvalue weighted by molar-refractivity contribution is 6.00. The van der Waals surface area contributed by atoms with Crippen LogP contribution in [0.5, 0.6) is 0 Å². The second kappa shape index (κ2) is 4.87. The van der Waals surface area contributed by atoms with Crippen LogP contribution in [-0.4, -0.2) is 4.98 Å². The first-order valence-electron chi connectivity index (χ1n) is 6.18. The van der Waals surface area contributed by atoms with Crippen LogP contribution in [0.15, 0.2) is 30.3 Å². The molecule has 0 aliphatic rings. The first-order valence-corrected chi connectivity index (χ1v) is 6.18. The minimum absolute atomic E-state index is 0.0179. The monoisotopic (exact) mass is 307 g/mol. The molecule has 0 aliphatic carbocycles. The Morgan fingerprint density at radius 3 is 2.27 bits per heavy atom. The molecule has 0 radical (unpaired) electrons. The van der Waals surface area contributed by atoms with Crippen molar-refractivity contribution in [1.29, 1.82) is 0 Å². The van der Waals surface area contributed by atoms with Crippen molar-refractivity contribution in [1.82, 2.24) is 4.98 Å². The molecule has 1 heterocycles. The molecule has 3 aromatic rings. The molecule has 7 heteroatoms. The van der Waals surface area contributed by atoms with Crippen LogP contribution >= 0.6 is 0 Å². The summed E-state index contributed by atoms with van der Waals surface area (Å²) in [5.41, 5.74) is 11.2. The van der Waals surface area contributed by atoms with E-state index in [4.69, 9.17) is 11.5 Å². The molecule has 1 aromatic heterocycles. The number of halogens is 4. The molecule has 22 heavy (non-hydrogen) atoms. The predicted octanol–water partition coefficient (Wildman–Crippen LogP) is 3.62. The molecular formula is C15H9F4N3. The van der Waals surface area contributed by atoms with E-state index in [-0.39, 0.29) is 11.5 Å². The predicted molar refractivity (Wildman–Crippen MR) is 75.8 cm³/mol. The fraction of sp³-hybridized carbons (Fsp3) is 0. The molecule has 0 bridgehead atoms. The highest BCUT2D eigenvalue weighted by atomic mass is 19.2. The van der Waals surface area contributed by atoms with Crippen molar-refractivity contribution < 1.29 is 17.6 Å². The molecule has 2 aromatic carbocycles. The van der Waals surface area contributed by atoms with Gasteiger partial charge in [-0.15, -0.1) is 0 Å². The Bertz CT molecular complexity index is 909. The van der Waals surface area contributed by atoms with Crippen LogP contribution in [-0.2, 0) is 0 Å². The zero-order valence-electron chi connectivity index (χ0n) is 11.0. The highest BCUT2D eigenvalue weighted by Crippen LogP contribution is 2.32. The van der Waals surface area contributed by atoms with Gasteiger partial charge >= 0.3 is 0 Å². The lowest BCUT2D eigenvalue weighted by Gasteiger charge is -2.10. The second-order valence-electron chi connectivity index (χ2n) is 4.68. The van der Waals surface area contributed by atoms with Gasteiger partial charge in [0.25, 0.3) is 0 Å². The van der Waals surface area contributed by atoms with E-state index in [0.29, 0.717) is 22.5 Å². The Balaban J connectivity index is 2.34. The summed E-state index contributed by atoms with van der Waals surface area (Å²) < 4.78 is 53.6. The van der Waals surface area contributed by atoms with Gasteiger partial charge in [0.2, 0.25) is 0 Å². The lowest BCUT2D eigenvalue weighted by atomic mass is 10.0. The van der Waals surface area contributed by atoms with Gasteiger partial charge in [0.15, 0.2) is 23.3 Å². The van der Waals surface area contributed by atoms with Gasteiger partial charge in [0.05, 0.1) is 5.69 Å².